The highest BCUT2D eigenvalue weighted by molar-refractivity contribution is 7.99. The van der Waals surface area contributed by atoms with Crippen LogP contribution >= 0.6 is 11.8 Å². The average molecular weight is 425 g/mol. The van der Waals surface area contributed by atoms with E-state index in [9.17, 15) is 4.79 Å². The lowest BCUT2D eigenvalue weighted by Crippen LogP contribution is -2.37. The largest absolute Gasteiger partial charge is 0.434 e. The third-order valence-electron chi connectivity index (χ3n) is 5.31. The summed E-state index contributed by atoms with van der Waals surface area (Å²) < 4.78 is 4.58. The lowest BCUT2D eigenvalue weighted by atomic mass is 10.0. The van der Waals surface area contributed by atoms with E-state index in [-0.39, 0.29) is 5.69 Å². The van der Waals surface area contributed by atoms with Gasteiger partial charge in [-0.3, -0.25) is 0 Å². The number of hydrogen-bond acceptors (Lipinski definition) is 7. The molecular weight excluding hydrogens is 400 g/mol. The molecule has 4 rings (SSSR count). The van der Waals surface area contributed by atoms with Gasteiger partial charge in [0, 0.05) is 23.2 Å². The molecule has 30 heavy (non-hydrogen) atoms. The summed E-state index contributed by atoms with van der Waals surface area (Å²) in [7, 11) is 0. The number of nitrogens with one attached hydrogen (secondary N) is 1. The Labute approximate surface area is 179 Å². The van der Waals surface area contributed by atoms with Gasteiger partial charge in [-0.1, -0.05) is 36.0 Å². The van der Waals surface area contributed by atoms with E-state index in [0.29, 0.717) is 11.1 Å². The predicted octanol–water partition coefficient (Wildman–Crippen LogP) is 4.11. The summed E-state index contributed by atoms with van der Waals surface area (Å²) in [4.78, 5) is 15.2. The van der Waals surface area contributed by atoms with Gasteiger partial charge >= 0.3 is 5.97 Å². The molecule has 3 aromatic rings. The number of rotatable bonds is 6. The molecule has 2 heterocycles. The first kappa shape index (κ1) is 20.4. The molecule has 0 saturated carbocycles. The van der Waals surface area contributed by atoms with Gasteiger partial charge in [-0.15, -0.1) is 10.2 Å². The summed E-state index contributed by atoms with van der Waals surface area (Å²) in [5.41, 5.74) is 3.62. The van der Waals surface area contributed by atoms with E-state index < -0.39 is 12.8 Å². The smallest absolute Gasteiger partial charge is 0.363 e. The number of aliphatic hydroxyl groups is 1. The monoisotopic (exact) mass is 424 g/mol. The number of H-pyrrole nitrogens is 1. The molecule has 7 nitrogen and oxygen atoms in total. The van der Waals surface area contributed by atoms with E-state index in [1.165, 1.54) is 36.7 Å². The fourth-order valence-electron chi connectivity index (χ4n) is 3.71. The maximum Gasteiger partial charge on any atom is 0.363 e. The van der Waals surface area contributed by atoms with Crippen molar-refractivity contribution in [2.24, 2.45) is 0 Å². The zero-order chi connectivity index (χ0) is 20.9. The van der Waals surface area contributed by atoms with Crippen molar-refractivity contribution in [3.8, 4) is 11.1 Å². The first-order chi connectivity index (χ1) is 14.7. The number of aliphatic hydroxyl groups excluding tert-OH is 1. The second kappa shape index (κ2) is 9.32. The molecule has 156 valence electrons. The van der Waals surface area contributed by atoms with Crippen LogP contribution in [-0.2, 0) is 4.74 Å². The van der Waals surface area contributed by atoms with Crippen LogP contribution in [0.4, 0.5) is 5.69 Å². The van der Waals surface area contributed by atoms with Crippen LogP contribution in [0.5, 0.6) is 0 Å². The van der Waals surface area contributed by atoms with Gasteiger partial charge in [0.1, 0.15) is 0 Å². The van der Waals surface area contributed by atoms with E-state index in [2.05, 4.69) is 56.2 Å². The molecule has 2 aromatic carbocycles. The Bertz CT molecular complexity index is 988. The first-order valence-corrected chi connectivity index (χ1v) is 10.8. The number of hydrogen-bond donors (Lipinski definition) is 2. The van der Waals surface area contributed by atoms with Gasteiger partial charge in [-0.25, -0.2) is 4.79 Å². The van der Waals surface area contributed by atoms with Crippen LogP contribution in [0.25, 0.3) is 11.1 Å². The Hall–Kier alpha value is -2.84. The Kier molecular flexibility index (Phi) is 6.35. The van der Waals surface area contributed by atoms with Crippen molar-refractivity contribution in [3.05, 3.63) is 54.2 Å². The van der Waals surface area contributed by atoms with Crippen LogP contribution in [0.1, 0.15) is 36.7 Å². The normalized spacial score (nSPS) is 16.5. The molecule has 0 spiro atoms. The second-order valence-corrected chi connectivity index (χ2v) is 8.31. The molecule has 1 saturated heterocycles. The van der Waals surface area contributed by atoms with E-state index in [1.54, 1.807) is 0 Å². The summed E-state index contributed by atoms with van der Waals surface area (Å²) in [5, 5.41) is 19.4. The number of ether oxygens (including phenoxy) is 1. The number of benzene rings is 2. The third kappa shape index (κ3) is 4.49. The molecule has 0 aliphatic carbocycles. The lowest BCUT2D eigenvalue weighted by Gasteiger charge is -2.35. The number of nitrogens with zero attached hydrogens (tertiary/aromatic N) is 3. The highest BCUT2D eigenvalue weighted by Gasteiger charge is 2.19. The lowest BCUT2D eigenvalue weighted by molar-refractivity contribution is 0.00586. The van der Waals surface area contributed by atoms with Gasteiger partial charge < -0.3 is 14.7 Å². The van der Waals surface area contributed by atoms with Gasteiger partial charge in [0.15, 0.2) is 11.8 Å². The number of piperidine rings is 1. The molecule has 2 N–H and O–H groups in total. The number of aromatic nitrogens is 3. The summed E-state index contributed by atoms with van der Waals surface area (Å²) in [6, 6.07) is 17.4. The SMILES string of the molecule is CC1CCCCN1c1ccc(-c2ccc(Sc3n[nH]nc3C(=O)OCO)cc2)cc1. The highest BCUT2D eigenvalue weighted by Crippen LogP contribution is 2.31. The summed E-state index contributed by atoms with van der Waals surface area (Å²) in [5.74, 6) is -0.714. The van der Waals surface area contributed by atoms with Crippen LogP contribution in [0, 0.1) is 0 Å². The first-order valence-electron chi connectivity index (χ1n) is 9.99. The van der Waals surface area contributed by atoms with Crippen LogP contribution in [0.2, 0.25) is 0 Å². The minimum Gasteiger partial charge on any atom is -0.434 e. The van der Waals surface area contributed by atoms with Crippen LogP contribution in [0.3, 0.4) is 0 Å². The maximum atomic E-state index is 11.8. The van der Waals surface area contributed by atoms with Gasteiger partial charge in [0.05, 0.1) is 0 Å². The number of carbonyl (C=O) groups is 1. The molecule has 1 fully saturated rings. The number of anilines is 1. The van der Waals surface area contributed by atoms with E-state index in [0.717, 1.165) is 22.6 Å². The highest BCUT2D eigenvalue weighted by atomic mass is 32.2. The van der Waals surface area contributed by atoms with Crippen LogP contribution in [0.15, 0.2) is 58.5 Å². The summed E-state index contributed by atoms with van der Waals surface area (Å²) in [6.07, 6.45) is 3.83. The molecule has 1 aliphatic heterocycles. The van der Waals surface area contributed by atoms with Crippen molar-refractivity contribution < 1.29 is 14.6 Å². The molecule has 1 atom stereocenters. The Morgan fingerprint density at radius 3 is 2.50 bits per heavy atom. The zero-order valence-electron chi connectivity index (χ0n) is 16.7. The molecular formula is C22H24N4O3S. The summed E-state index contributed by atoms with van der Waals surface area (Å²) in [6.45, 7) is 2.73. The predicted molar refractivity (Wildman–Crippen MR) is 116 cm³/mol. The van der Waals surface area contributed by atoms with Gasteiger partial charge in [-0.2, -0.15) is 5.21 Å². The van der Waals surface area contributed by atoms with Crippen LogP contribution in [-0.4, -0.2) is 45.9 Å². The minimum absolute atomic E-state index is 0.0562. The molecule has 0 amide bonds. The molecule has 1 unspecified atom stereocenters. The molecule has 0 radical (unpaired) electrons. The Morgan fingerprint density at radius 2 is 1.83 bits per heavy atom. The van der Waals surface area contributed by atoms with Crippen molar-refractivity contribution in [2.75, 3.05) is 18.2 Å². The number of carbonyl (C=O) groups excluding carboxylic acids is 1. The fourth-order valence-corrected chi connectivity index (χ4v) is 4.51. The standard InChI is InChI=1S/C22H24N4O3S/c1-15-4-2-3-13-26(15)18-9-5-16(6-10-18)17-7-11-19(12-8-17)30-21-20(23-25-24-21)22(28)29-14-27/h5-12,15,27H,2-4,13-14H2,1H3,(H,23,24,25). The molecule has 1 aliphatic rings. The van der Waals surface area contributed by atoms with E-state index >= 15 is 0 Å². The number of esters is 1. The average Bonchev–Trinajstić information content (AvgIpc) is 3.23. The van der Waals surface area contributed by atoms with Crippen molar-refractivity contribution in [3.63, 3.8) is 0 Å². The van der Waals surface area contributed by atoms with E-state index in [1.807, 2.05) is 24.3 Å². The fraction of sp³-hybridized carbons (Fsp3) is 0.318. The third-order valence-corrected chi connectivity index (χ3v) is 6.29. The maximum absolute atomic E-state index is 11.8. The molecule has 8 heteroatoms. The molecule has 1 aromatic heterocycles. The van der Waals surface area contributed by atoms with Crippen molar-refractivity contribution in [1.82, 2.24) is 15.4 Å². The molecule has 0 bridgehead atoms. The topological polar surface area (TPSA) is 91.3 Å². The second-order valence-electron chi connectivity index (χ2n) is 7.25. The Balaban J connectivity index is 1.45. The van der Waals surface area contributed by atoms with Crippen molar-refractivity contribution >= 4 is 23.4 Å². The van der Waals surface area contributed by atoms with Crippen molar-refractivity contribution in [2.45, 2.75) is 42.1 Å². The van der Waals surface area contributed by atoms with Crippen LogP contribution < -0.4 is 4.90 Å². The summed E-state index contributed by atoms with van der Waals surface area (Å²) >= 11 is 1.31. The zero-order valence-corrected chi connectivity index (χ0v) is 17.6. The van der Waals surface area contributed by atoms with Gasteiger partial charge in [0.2, 0.25) is 5.69 Å². The number of aromatic amines is 1. The minimum atomic E-state index is -0.714. The van der Waals surface area contributed by atoms with Gasteiger partial charge in [0.25, 0.3) is 0 Å². The van der Waals surface area contributed by atoms with Crippen molar-refractivity contribution in [1.29, 1.82) is 0 Å². The van der Waals surface area contributed by atoms with Gasteiger partial charge in [-0.05, 0) is 61.6 Å². The quantitative estimate of drug-likeness (QED) is 0.454. The van der Waals surface area contributed by atoms with E-state index in [4.69, 9.17) is 5.11 Å². The Morgan fingerprint density at radius 1 is 1.13 bits per heavy atom.